The minimum Gasteiger partial charge on any atom is -0.394 e. The first-order valence-corrected chi connectivity index (χ1v) is 29.1. The molecule has 64 heavy (non-hydrogen) atoms. The average molecular weight is 907 g/mol. The highest BCUT2D eigenvalue weighted by molar-refractivity contribution is 5.80. The Balaban J connectivity index is 3.60. The van der Waals surface area contributed by atoms with E-state index in [1.54, 1.807) is 0 Å². The van der Waals surface area contributed by atoms with E-state index in [-0.39, 0.29) is 0 Å². The molecule has 6 heteroatoms. The number of unbranched alkanes of at least 4 members (excludes halogenated alkanes) is 43. The van der Waals surface area contributed by atoms with E-state index in [1.165, 1.54) is 257 Å². The standard InChI is InChI=1S/C58H115NO5/c1-3-5-7-9-11-13-15-17-19-21-23-25-26-27-28-29-30-32-34-36-38-40-42-44-46-48-50-52-56(62)58(64)59-54(53-60)57(63)55(61)51-49-47-45-43-41-39-37-35-33-31-24-22-20-18-16-14-12-10-8-6-4-2/h27-28,54-57,60-63H,3-26,29-53H2,1-2H3,(H,59,64)/b28-27-. The largest absolute Gasteiger partial charge is 0.394 e. The zero-order chi connectivity index (χ0) is 46.7. The predicted molar refractivity (Wildman–Crippen MR) is 279 cm³/mol. The van der Waals surface area contributed by atoms with Gasteiger partial charge in [0, 0.05) is 0 Å². The number of aliphatic hydroxyl groups is 4. The van der Waals surface area contributed by atoms with Crippen molar-refractivity contribution in [3.63, 3.8) is 0 Å². The Labute approximate surface area is 400 Å². The average Bonchev–Trinajstić information content (AvgIpc) is 3.30. The Kier molecular flexibility index (Phi) is 52.2. The first kappa shape index (κ1) is 63.0. The zero-order valence-electron chi connectivity index (χ0n) is 43.3. The van der Waals surface area contributed by atoms with E-state index >= 15 is 0 Å². The number of hydrogen-bond donors (Lipinski definition) is 5. The molecule has 0 rings (SSSR count). The van der Waals surface area contributed by atoms with Crippen molar-refractivity contribution in [3.05, 3.63) is 12.2 Å². The Hall–Kier alpha value is -0.950. The Morgan fingerprint density at radius 1 is 0.375 bits per heavy atom. The minimum absolute atomic E-state index is 0.372. The van der Waals surface area contributed by atoms with Crippen LogP contribution in [0.1, 0.15) is 322 Å². The van der Waals surface area contributed by atoms with E-state index in [0.29, 0.717) is 12.8 Å². The number of aliphatic hydroxyl groups excluding tert-OH is 4. The molecule has 6 nitrogen and oxygen atoms in total. The van der Waals surface area contributed by atoms with Gasteiger partial charge in [-0.25, -0.2) is 0 Å². The van der Waals surface area contributed by atoms with Crippen LogP contribution in [0.4, 0.5) is 0 Å². The van der Waals surface area contributed by atoms with Crippen molar-refractivity contribution >= 4 is 5.91 Å². The molecule has 0 heterocycles. The summed E-state index contributed by atoms with van der Waals surface area (Å²) in [5.74, 6) is -0.579. The molecule has 0 aromatic carbocycles. The fraction of sp³-hybridized carbons (Fsp3) is 0.948. The third kappa shape index (κ3) is 46.2. The highest BCUT2D eigenvalue weighted by Crippen LogP contribution is 2.18. The Bertz CT molecular complexity index is 928. The number of allylic oxidation sites excluding steroid dienone is 2. The van der Waals surface area contributed by atoms with Gasteiger partial charge in [0.15, 0.2) is 0 Å². The molecule has 1 amide bonds. The van der Waals surface area contributed by atoms with Crippen molar-refractivity contribution in [2.45, 2.75) is 346 Å². The van der Waals surface area contributed by atoms with Crippen LogP contribution in [0.15, 0.2) is 12.2 Å². The summed E-state index contributed by atoms with van der Waals surface area (Å²) in [7, 11) is 0. The second kappa shape index (κ2) is 53.0. The molecule has 5 N–H and O–H groups in total. The number of amides is 1. The third-order valence-corrected chi connectivity index (χ3v) is 14.0. The van der Waals surface area contributed by atoms with E-state index in [1.807, 2.05) is 0 Å². The number of carbonyl (C=O) groups excluding carboxylic acids is 1. The molecule has 0 aliphatic carbocycles. The van der Waals surface area contributed by atoms with Crippen molar-refractivity contribution in [3.8, 4) is 0 Å². The van der Waals surface area contributed by atoms with E-state index in [4.69, 9.17) is 0 Å². The second-order valence-electron chi connectivity index (χ2n) is 20.3. The van der Waals surface area contributed by atoms with Gasteiger partial charge in [-0.1, -0.05) is 296 Å². The maximum atomic E-state index is 12.6. The summed E-state index contributed by atoms with van der Waals surface area (Å²) in [6, 6.07) is -0.984. The number of carbonyl (C=O) groups is 1. The quantitative estimate of drug-likeness (QED) is 0.0308. The summed E-state index contributed by atoms with van der Waals surface area (Å²) >= 11 is 0. The molecule has 0 fully saturated rings. The minimum atomic E-state index is -1.26. The normalized spacial score (nSPS) is 13.8. The van der Waals surface area contributed by atoms with Gasteiger partial charge in [0.25, 0.3) is 0 Å². The Morgan fingerprint density at radius 2 is 0.625 bits per heavy atom. The number of nitrogens with one attached hydrogen (secondary N) is 1. The summed E-state index contributed by atoms with van der Waals surface area (Å²) in [6.45, 7) is 4.10. The molecule has 0 aromatic heterocycles. The van der Waals surface area contributed by atoms with Gasteiger partial charge in [-0.05, 0) is 38.5 Å². The summed E-state index contributed by atoms with van der Waals surface area (Å²) < 4.78 is 0. The van der Waals surface area contributed by atoms with Gasteiger partial charge in [-0.2, -0.15) is 0 Å². The smallest absolute Gasteiger partial charge is 0.249 e. The van der Waals surface area contributed by atoms with Crippen LogP contribution in [0, 0.1) is 0 Å². The maximum Gasteiger partial charge on any atom is 0.249 e. The van der Waals surface area contributed by atoms with Crippen molar-refractivity contribution in [1.82, 2.24) is 5.32 Å². The lowest BCUT2D eigenvalue weighted by Crippen LogP contribution is -2.53. The van der Waals surface area contributed by atoms with Crippen molar-refractivity contribution < 1.29 is 25.2 Å². The van der Waals surface area contributed by atoms with Crippen LogP contribution in [0.2, 0.25) is 0 Å². The van der Waals surface area contributed by atoms with E-state index < -0.39 is 36.9 Å². The van der Waals surface area contributed by atoms with Crippen LogP contribution < -0.4 is 5.32 Å². The van der Waals surface area contributed by atoms with Gasteiger partial charge >= 0.3 is 0 Å². The highest BCUT2D eigenvalue weighted by Gasteiger charge is 2.28. The molecule has 0 aromatic rings. The summed E-state index contributed by atoms with van der Waals surface area (Å²) in [4.78, 5) is 12.6. The maximum absolute atomic E-state index is 12.6. The van der Waals surface area contributed by atoms with Crippen LogP contribution in [0.25, 0.3) is 0 Å². The SMILES string of the molecule is CCCCCCCCCCCCCC/C=C\CCCCCCCCCCCCCC(O)C(=O)NC(CO)C(O)C(O)CCCCCCCCCCCCCCCCCCCCCCC. The van der Waals surface area contributed by atoms with Crippen molar-refractivity contribution in [2.75, 3.05) is 6.61 Å². The number of hydrogen-bond acceptors (Lipinski definition) is 5. The molecule has 4 unspecified atom stereocenters. The molecule has 0 spiro atoms. The predicted octanol–water partition coefficient (Wildman–Crippen LogP) is 16.9. The van der Waals surface area contributed by atoms with Gasteiger partial charge in [-0.15, -0.1) is 0 Å². The molecule has 0 aliphatic rings. The lowest BCUT2D eigenvalue weighted by molar-refractivity contribution is -0.132. The van der Waals surface area contributed by atoms with Crippen LogP contribution in [0.3, 0.4) is 0 Å². The van der Waals surface area contributed by atoms with E-state index in [2.05, 4.69) is 31.3 Å². The lowest BCUT2D eigenvalue weighted by Gasteiger charge is -2.27. The molecular formula is C58H115NO5. The molecule has 0 aliphatic heterocycles. The van der Waals surface area contributed by atoms with Crippen molar-refractivity contribution in [1.29, 1.82) is 0 Å². The number of rotatable bonds is 54. The zero-order valence-corrected chi connectivity index (χ0v) is 43.3. The van der Waals surface area contributed by atoms with Gasteiger partial charge in [-0.3, -0.25) is 4.79 Å². The first-order chi connectivity index (χ1) is 31.5. The van der Waals surface area contributed by atoms with Crippen LogP contribution in [0.5, 0.6) is 0 Å². The highest BCUT2D eigenvalue weighted by atomic mass is 16.3. The fourth-order valence-corrected chi connectivity index (χ4v) is 9.40. The van der Waals surface area contributed by atoms with Gasteiger partial charge in [0.2, 0.25) is 5.91 Å². The topological polar surface area (TPSA) is 110 Å². The van der Waals surface area contributed by atoms with Crippen LogP contribution >= 0.6 is 0 Å². The van der Waals surface area contributed by atoms with Crippen LogP contribution in [-0.4, -0.2) is 57.3 Å². The van der Waals surface area contributed by atoms with Crippen LogP contribution in [-0.2, 0) is 4.79 Å². The second-order valence-corrected chi connectivity index (χ2v) is 20.3. The molecule has 382 valence electrons. The molecule has 0 bridgehead atoms. The molecule has 0 saturated carbocycles. The van der Waals surface area contributed by atoms with Crippen molar-refractivity contribution in [2.24, 2.45) is 0 Å². The Morgan fingerprint density at radius 3 is 0.906 bits per heavy atom. The monoisotopic (exact) mass is 906 g/mol. The lowest BCUT2D eigenvalue weighted by atomic mass is 9.99. The van der Waals surface area contributed by atoms with E-state index in [9.17, 15) is 25.2 Å². The third-order valence-electron chi connectivity index (χ3n) is 14.0. The summed E-state index contributed by atoms with van der Waals surface area (Å²) in [5, 5.41) is 44.0. The molecule has 0 radical (unpaired) electrons. The van der Waals surface area contributed by atoms with E-state index in [0.717, 1.165) is 38.5 Å². The van der Waals surface area contributed by atoms with Gasteiger partial charge < -0.3 is 25.7 Å². The molecule has 4 atom stereocenters. The first-order valence-electron chi connectivity index (χ1n) is 29.1. The summed E-state index contributed by atoms with van der Waals surface area (Å²) in [6.07, 6.45) is 62.8. The summed E-state index contributed by atoms with van der Waals surface area (Å²) in [5.41, 5.74) is 0. The fourth-order valence-electron chi connectivity index (χ4n) is 9.40. The molecular weight excluding hydrogens is 791 g/mol. The van der Waals surface area contributed by atoms with Gasteiger partial charge in [0.1, 0.15) is 12.2 Å². The molecule has 0 saturated heterocycles. The van der Waals surface area contributed by atoms with Gasteiger partial charge in [0.05, 0.1) is 18.8 Å².